The highest BCUT2D eigenvalue weighted by atomic mass is 19.1. The Hall–Kier alpha value is -4.58. The van der Waals surface area contributed by atoms with Gasteiger partial charge in [-0.1, -0.05) is 12.1 Å². The van der Waals surface area contributed by atoms with Crippen LogP contribution in [0.2, 0.25) is 0 Å². The molecule has 1 fully saturated rings. The summed E-state index contributed by atoms with van der Waals surface area (Å²) in [6.07, 6.45) is 4.84. The number of piperidine rings is 1. The number of carbonyl (C=O) groups is 1. The van der Waals surface area contributed by atoms with Crippen molar-refractivity contribution in [2.45, 2.75) is 18.5 Å². The highest BCUT2D eigenvalue weighted by molar-refractivity contribution is 5.92. The van der Waals surface area contributed by atoms with Crippen LogP contribution in [0.25, 0.3) is 33.9 Å². The van der Waals surface area contributed by atoms with Gasteiger partial charge in [0, 0.05) is 31.4 Å². The Labute approximate surface area is 215 Å². The first-order valence-corrected chi connectivity index (χ1v) is 12.1. The fourth-order valence-corrected chi connectivity index (χ4v) is 5.03. The molecule has 0 spiro atoms. The van der Waals surface area contributed by atoms with Crippen LogP contribution in [0.4, 0.5) is 8.78 Å². The predicted octanol–water partition coefficient (Wildman–Crippen LogP) is 3.23. The number of hydrogen-bond donors (Lipinski definition) is 2. The van der Waals surface area contributed by atoms with Gasteiger partial charge in [-0.25, -0.2) is 18.7 Å². The van der Waals surface area contributed by atoms with Crippen LogP contribution < -0.4 is 5.32 Å². The summed E-state index contributed by atoms with van der Waals surface area (Å²) >= 11 is 0. The molecule has 0 saturated carbocycles. The zero-order valence-electron chi connectivity index (χ0n) is 20.3. The molecule has 192 valence electrons. The van der Waals surface area contributed by atoms with Gasteiger partial charge in [-0.3, -0.25) is 19.9 Å². The lowest BCUT2D eigenvalue weighted by Gasteiger charge is -2.37. The molecule has 2 atom stereocenters. The molecule has 1 aromatic carbocycles. The van der Waals surface area contributed by atoms with Gasteiger partial charge < -0.3 is 14.8 Å². The molecule has 5 aromatic rings. The van der Waals surface area contributed by atoms with Crippen molar-refractivity contribution >= 4 is 16.9 Å². The summed E-state index contributed by atoms with van der Waals surface area (Å²) in [6, 6.07) is 10.2. The Bertz CT molecular complexity index is 1620. The minimum atomic E-state index is -0.528. The number of benzene rings is 1. The van der Waals surface area contributed by atoms with Crippen molar-refractivity contribution in [3.8, 4) is 22.9 Å². The number of likely N-dealkylation sites (tertiary alicyclic amines) is 1. The van der Waals surface area contributed by atoms with Gasteiger partial charge >= 0.3 is 0 Å². The molecular formula is C26H23F2N9O. The second-order valence-electron chi connectivity index (χ2n) is 9.32. The van der Waals surface area contributed by atoms with Crippen LogP contribution in [-0.4, -0.2) is 71.7 Å². The standard InChI is InChI=1S/C26H23F2N9O/c1-36-12-16(33-26(38)21-8-15(27)6-7-29-21)9-17(13-36)37-23-10-20(24-31-14-32-35-24)30-11-22(23)34-25(37)18-4-2-3-5-19(18)28/h2-8,10-11,14,16-17H,9,12-13H2,1H3,(H,33,38)(H,31,32,35)/t16-,17+/m0/s1. The smallest absolute Gasteiger partial charge is 0.270 e. The third-order valence-electron chi connectivity index (χ3n) is 6.61. The maximum atomic E-state index is 15.0. The van der Waals surface area contributed by atoms with Gasteiger partial charge in [0.25, 0.3) is 5.91 Å². The van der Waals surface area contributed by atoms with E-state index in [1.165, 1.54) is 24.7 Å². The molecule has 0 bridgehead atoms. The molecule has 0 unspecified atom stereocenters. The van der Waals surface area contributed by atoms with E-state index in [1.807, 2.05) is 17.7 Å². The Morgan fingerprint density at radius 3 is 2.76 bits per heavy atom. The summed E-state index contributed by atoms with van der Waals surface area (Å²) in [5.74, 6) is -0.407. The largest absolute Gasteiger partial charge is 0.347 e. The molecule has 2 N–H and O–H groups in total. The third kappa shape index (κ3) is 4.50. The average molecular weight is 516 g/mol. The SMILES string of the molecule is CN1C[C@@H](NC(=O)c2cc(F)ccn2)C[C@@H](n2c(-c3ccccc3F)nc3cnc(-c4ncn[nH]4)cc32)C1. The molecule has 6 rings (SSSR count). The van der Waals surface area contributed by atoms with E-state index in [-0.39, 0.29) is 17.8 Å². The van der Waals surface area contributed by atoms with E-state index < -0.39 is 17.5 Å². The number of amides is 1. The fraction of sp³-hybridized carbons (Fsp3) is 0.231. The number of H-pyrrole nitrogens is 1. The van der Waals surface area contributed by atoms with Gasteiger partial charge in [-0.05, 0) is 37.7 Å². The lowest BCUT2D eigenvalue weighted by Crippen LogP contribution is -2.50. The Kier molecular flexibility index (Phi) is 6.08. The number of imidazole rings is 1. The van der Waals surface area contributed by atoms with Gasteiger partial charge in [0.15, 0.2) is 5.82 Å². The monoisotopic (exact) mass is 515 g/mol. The summed E-state index contributed by atoms with van der Waals surface area (Å²) in [4.78, 5) is 32.3. The topological polar surface area (TPSA) is 118 Å². The number of nitrogens with zero attached hydrogens (tertiary/aromatic N) is 7. The van der Waals surface area contributed by atoms with E-state index in [1.54, 1.807) is 24.4 Å². The van der Waals surface area contributed by atoms with Crippen molar-refractivity contribution < 1.29 is 13.6 Å². The van der Waals surface area contributed by atoms with E-state index in [2.05, 4.69) is 35.4 Å². The number of pyridine rings is 2. The van der Waals surface area contributed by atoms with Crippen LogP contribution >= 0.6 is 0 Å². The van der Waals surface area contributed by atoms with Crippen molar-refractivity contribution in [2.75, 3.05) is 20.1 Å². The molecule has 10 nitrogen and oxygen atoms in total. The molecular weight excluding hydrogens is 492 g/mol. The van der Waals surface area contributed by atoms with Gasteiger partial charge in [0.1, 0.15) is 40.7 Å². The molecule has 5 heterocycles. The molecule has 12 heteroatoms. The van der Waals surface area contributed by atoms with Crippen LogP contribution in [0, 0.1) is 11.6 Å². The van der Waals surface area contributed by atoms with Crippen LogP contribution in [0.1, 0.15) is 23.0 Å². The van der Waals surface area contributed by atoms with Gasteiger partial charge in [-0.2, -0.15) is 5.10 Å². The number of nitrogens with one attached hydrogen (secondary N) is 2. The summed E-state index contributed by atoms with van der Waals surface area (Å²) in [5, 5.41) is 9.71. The van der Waals surface area contributed by atoms with Gasteiger partial charge in [0.2, 0.25) is 0 Å². The molecule has 38 heavy (non-hydrogen) atoms. The van der Waals surface area contributed by atoms with E-state index in [9.17, 15) is 9.18 Å². The first-order chi connectivity index (χ1) is 18.5. The number of hydrogen-bond acceptors (Lipinski definition) is 7. The van der Waals surface area contributed by atoms with Crippen molar-refractivity contribution in [3.63, 3.8) is 0 Å². The van der Waals surface area contributed by atoms with E-state index in [0.29, 0.717) is 47.9 Å². The molecule has 4 aromatic heterocycles. The maximum absolute atomic E-state index is 15.0. The summed E-state index contributed by atoms with van der Waals surface area (Å²) in [7, 11) is 1.95. The minimum Gasteiger partial charge on any atom is -0.347 e. The van der Waals surface area contributed by atoms with E-state index in [4.69, 9.17) is 4.98 Å². The fourth-order valence-electron chi connectivity index (χ4n) is 5.03. The van der Waals surface area contributed by atoms with E-state index >= 15 is 4.39 Å². The summed E-state index contributed by atoms with van der Waals surface area (Å²) in [6.45, 7) is 1.22. The zero-order chi connectivity index (χ0) is 26.2. The number of aromatic amines is 1. The van der Waals surface area contributed by atoms with Crippen molar-refractivity contribution in [3.05, 3.63) is 78.5 Å². The molecule has 0 aliphatic carbocycles. The van der Waals surface area contributed by atoms with Crippen molar-refractivity contribution in [1.29, 1.82) is 0 Å². The Morgan fingerprint density at radius 1 is 1.11 bits per heavy atom. The third-order valence-corrected chi connectivity index (χ3v) is 6.61. The number of fused-ring (bicyclic) bond motifs is 1. The van der Waals surface area contributed by atoms with Gasteiger partial charge in [-0.15, -0.1) is 0 Å². The summed E-state index contributed by atoms with van der Waals surface area (Å²) < 4.78 is 30.7. The molecule has 0 radical (unpaired) electrons. The second kappa shape index (κ2) is 9.71. The quantitative estimate of drug-likeness (QED) is 0.369. The molecule has 1 amide bonds. The van der Waals surface area contributed by atoms with Crippen LogP contribution in [0.5, 0.6) is 0 Å². The summed E-state index contributed by atoms with van der Waals surface area (Å²) in [5.41, 5.74) is 2.30. The number of likely N-dealkylation sites (N-methyl/N-ethyl adjacent to an activating group) is 1. The van der Waals surface area contributed by atoms with Crippen LogP contribution in [0.3, 0.4) is 0 Å². The molecule has 1 aliphatic heterocycles. The van der Waals surface area contributed by atoms with Crippen LogP contribution in [-0.2, 0) is 0 Å². The highest BCUT2D eigenvalue weighted by Crippen LogP contribution is 2.34. The van der Waals surface area contributed by atoms with E-state index in [0.717, 1.165) is 11.6 Å². The zero-order valence-corrected chi connectivity index (χ0v) is 20.3. The Balaban J connectivity index is 1.41. The number of halogens is 2. The highest BCUT2D eigenvalue weighted by Gasteiger charge is 2.31. The van der Waals surface area contributed by atoms with Crippen molar-refractivity contribution in [2.24, 2.45) is 0 Å². The first-order valence-electron chi connectivity index (χ1n) is 12.1. The second-order valence-corrected chi connectivity index (χ2v) is 9.32. The van der Waals surface area contributed by atoms with Crippen LogP contribution in [0.15, 0.2) is 61.2 Å². The number of rotatable bonds is 5. The Morgan fingerprint density at radius 2 is 1.97 bits per heavy atom. The number of aromatic nitrogens is 7. The lowest BCUT2D eigenvalue weighted by molar-refractivity contribution is 0.0888. The maximum Gasteiger partial charge on any atom is 0.270 e. The predicted molar refractivity (Wildman–Crippen MR) is 135 cm³/mol. The van der Waals surface area contributed by atoms with Gasteiger partial charge in [0.05, 0.1) is 23.3 Å². The minimum absolute atomic E-state index is 0.0117. The normalized spacial score (nSPS) is 18.1. The van der Waals surface area contributed by atoms with Crippen molar-refractivity contribution in [1.82, 2.24) is 44.9 Å². The number of carbonyl (C=O) groups excluding carboxylic acids is 1. The average Bonchev–Trinajstić information content (AvgIpc) is 3.57. The first kappa shape index (κ1) is 23.8. The molecule has 1 aliphatic rings. The lowest BCUT2D eigenvalue weighted by atomic mass is 9.99. The molecule has 1 saturated heterocycles.